The van der Waals surface area contributed by atoms with Gasteiger partial charge in [-0.25, -0.2) is 0 Å². The van der Waals surface area contributed by atoms with Crippen molar-refractivity contribution in [2.24, 2.45) is 5.10 Å². The van der Waals surface area contributed by atoms with Crippen LogP contribution in [-0.2, 0) is 0 Å². The first-order chi connectivity index (χ1) is 8.68. The molecule has 0 aromatic heterocycles. The minimum Gasteiger partial charge on any atom is -0.264 e. The number of allylic oxidation sites excluding steroid dienone is 5. The van der Waals surface area contributed by atoms with Crippen LogP contribution >= 0.6 is 11.8 Å². The van der Waals surface area contributed by atoms with E-state index < -0.39 is 11.9 Å². The second-order valence-corrected chi connectivity index (χ2v) is 5.12. The van der Waals surface area contributed by atoms with E-state index in [9.17, 15) is 13.2 Å². The van der Waals surface area contributed by atoms with Gasteiger partial charge in [-0.15, -0.1) is 11.8 Å². The maximum Gasteiger partial charge on any atom is 0.432 e. The molecule has 0 fully saturated rings. The van der Waals surface area contributed by atoms with Gasteiger partial charge in [0.05, 0.1) is 0 Å². The molecule has 0 bridgehead atoms. The maximum absolute atomic E-state index is 12.4. The summed E-state index contributed by atoms with van der Waals surface area (Å²) in [6, 6.07) is 0. The summed E-state index contributed by atoms with van der Waals surface area (Å²) in [4.78, 5) is 1.07. The van der Waals surface area contributed by atoms with E-state index in [1.807, 2.05) is 32.1 Å². The molecule has 0 aromatic carbocycles. The van der Waals surface area contributed by atoms with Crippen LogP contribution in [0.5, 0.6) is 0 Å². The molecule has 108 valence electrons. The summed E-state index contributed by atoms with van der Waals surface area (Å²) in [6.07, 6.45) is 1.31. The molecule has 19 heavy (non-hydrogen) atoms. The molecule has 0 rings (SSSR count). The van der Waals surface area contributed by atoms with Gasteiger partial charge in [0.1, 0.15) is 5.70 Å². The van der Waals surface area contributed by atoms with Gasteiger partial charge in [-0.1, -0.05) is 24.8 Å². The van der Waals surface area contributed by atoms with Gasteiger partial charge in [-0.2, -0.15) is 18.3 Å². The fourth-order valence-corrected chi connectivity index (χ4v) is 1.70. The molecular formula is C13H19F3N2S. The number of hydrogen-bond acceptors (Lipinski definition) is 3. The van der Waals surface area contributed by atoms with E-state index in [0.29, 0.717) is 11.5 Å². The zero-order chi connectivity index (χ0) is 15.1. The maximum atomic E-state index is 12.4. The molecule has 2 nitrogen and oxygen atoms in total. The van der Waals surface area contributed by atoms with Crippen LogP contribution < -0.4 is 0 Å². The number of thioether (sulfide) groups is 1. The molecule has 0 atom stereocenters. The second-order valence-electron chi connectivity index (χ2n) is 3.90. The highest BCUT2D eigenvalue weighted by molar-refractivity contribution is 8.03. The number of alkyl halides is 3. The van der Waals surface area contributed by atoms with E-state index in [2.05, 4.69) is 11.7 Å². The average molecular weight is 292 g/mol. The Morgan fingerprint density at radius 3 is 2.42 bits per heavy atom. The van der Waals surface area contributed by atoms with Crippen LogP contribution in [-0.4, -0.2) is 29.7 Å². The molecule has 0 aromatic rings. The summed E-state index contributed by atoms with van der Waals surface area (Å²) in [5.41, 5.74) is -0.371. The summed E-state index contributed by atoms with van der Waals surface area (Å²) in [6.45, 7) is 8.53. The third-order valence-corrected chi connectivity index (χ3v) is 3.22. The van der Waals surface area contributed by atoms with E-state index in [0.717, 1.165) is 9.91 Å². The SMILES string of the molecule is C=C(N(C)/N=C(\C)CS/C(C)=C\C=C/C)C(F)(F)F. The topological polar surface area (TPSA) is 15.6 Å². The van der Waals surface area contributed by atoms with Crippen LogP contribution in [0.4, 0.5) is 13.2 Å². The second kappa shape index (κ2) is 8.09. The van der Waals surface area contributed by atoms with E-state index in [1.165, 1.54) is 18.8 Å². The quantitative estimate of drug-likeness (QED) is 0.404. The van der Waals surface area contributed by atoms with Gasteiger partial charge in [0.15, 0.2) is 0 Å². The van der Waals surface area contributed by atoms with Crippen LogP contribution in [0.15, 0.2) is 40.5 Å². The Labute approximate surface area is 116 Å². The lowest BCUT2D eigenvalue weighted by Gasteiger charge is -2.19. The van der Waals surface area contributed by atoms with E-state index in [4.69, 9.17) is 0 Å². The number of hydrazone groups is 1. The predicted octanol–water partition coefficient (Wildman–Crippen LogP) is 4.58. The lowest BCUT2D eigenvalue weighted by molar-refractivity contribution is -0.108. The molecule has 0 spiro atoms. The molecule has 0 radical (unpaired) electrons. The molecule has 0 saturated carbocycles. The highest BCUT2D eigenvalue weighted by Crippen LogP contribution is 2.26. The average Bonchev–Trinajstić information content (AvgIpc) is 2.31. The number of hydrogen-bond donors (Lipinski definition) is 0. The molecule has 0 heterocycles. The molecule has 6 heteroatoms. The van der Waals surface area contributed by atoms with Crippen LogP contribution in [0.2, 0.25) is 0 Å². The molecule has 0 aliphatic heterocycles. The Morgan fingerprint density at radius 2 is 1.95 bits per heavy atom. The van der Waals surface area contributed by atoms with E-state index >= 15 is 0 Å². The standard InChI is InChI=1S/C13H19F3N2S/c1-6-7-8-11(3)19-9-10(2)17-18(5)12(4)13(14,15)16/h6-8H,4,9H2,1-3,5H3/b7-6-,11-8-,17-10+. The van der Waals surface area contributed by atoms with Gasteiger partial charge in [-0.05, 0) is 25.7 Å². The molecule has 0 aliphatic rings. The van der Waals surface area contributed by atoms with Crippen LogP contribution in [0.1, 0.15) is 20.8 Å². The zero-order valence-corrected chi connectivity index (χ0v) is 12.4. The van der Waals surface area contributed by atoms with Gasteiger partial charge >= 0.3 is 6.18 Å². The van der Waals surface area contributed by atoms with E-state index in [-0.39, 0.29) is 0 Å². The van der Waals surface area contributed by atoms with Gasteiger partial charge in [0.2, 0.25) is 0 Å². The summed E-state index contributed by atoms with van der Waals surface area (Å²) >= 11 is 1.53. The smallest absolute Gasteiger partial charge is 0.264 e. The summed E-state index contributed by atoms with van der Waals surface area (Å²) < 4.78 is 37.1. The fraction of sp³-hybridized carbons (Fsp3) is 0.462. The van der Waals surface area contributed by atoms with Crippen LogP contribution in [0.25, 0.3) is 0 Å². The van der Waals surface area contributed by atoms with Gasteiger partial charge in [0.25, 0.3) is 0 Å². The Hall–Kier alpha value is -1.17. The summed E-state index contributed by atoms with van der Waals surface area (Å²) in [7, 11) is 1.24. The first-order valence-electron chi connectivity index (χ1n) is 5.64. The van der Waals surface area contributed by atoms with Gasteiger partial charge in [0, 0.05) is 18.5 Å². The van der Waals surface area contributed by atoms with Gasteiger partial charge < -0.3 is 0 Å². The molecule has 0 aliphatic carbocycles. The molecule has 0 saturated heterocycles. The van der Waals surface area contributed by atoms with Crippen molar-refractivity contribution in [1.82, 2.24) is 5.01 Å². The summed E-state index contributed by atoms with van der Waals surface area (Å²) in [5.74, 6) is 0.537. The Morgan fingerprint density at radius 1 is 1.37 bits per heavy atom. The van der Waals surface area contributed by atoms with Crippen LogP contribution in [0.3, 0.4) is 0 Å². The minimum absolute atomic E-state index is 0.537. The lowest BCUT2D eigenvalue weighted by atomic mass is 10.4. The highest BCUT2D eigenvalue weighted by atomic mass is 32.2. The molecule has 0 N–H and O–H groups in total. The monoisotopic (exact) mass is 292 g/mol. The summed E-state index contributed by atoms with van der Waals surface area (Å²) in [5, 5.41) is 4.62. The molecule has 0 amide bonds. The van der Waals surface area contributed by atoms with Gasteiger partial charge in [-0.3, -0.25) is 5.01 Å². The lowest BCUT2D eigenvalue weighted by Crippen LogP contribution is -2.24. The third-order valence-electron chi connectivity index (χ3n) is 2.07. The highest BCUT2D eigenvalue weighted by Gasteiger charge is 2.34. The largest absolute Gasteiger partial charge is 0.432 e. The van der Waals surface area contributed by atoms with Crippen molar-refractivity contribution in [1.29, 1.82) is 0 Å². The van der Waals surface area contributed by atoms with Crippen LogP contribution in [0, 0.1) is 0 Å². The first-order valence-corrected chi connectivity index (χ1v) is 6.63. The zero-order valence-electron chi connectivity index (χ0n) is 11.6. The van der Waals surface area contributed by atoms with Crippen molar-refractivity contribution in [2.75, 3.05) is 12.8 Å². The van der Waals surface area contributed by atoms with Crippen molar-refractivity contribution < 1.29 is 13.2 Å². The number of nitrogens with zero attached hydrogens (tertiary/aromatic N) is 2. The predicted molar refractivity (Wildman–Crippen MR) is 77.1 cm³/mol. The third kappa shape index (κ3) is 7.77. The van der Waals surface area contributed by atoms with E-state index in [1.54, 1.807) is 6.92 Å². The Bertz CT molecular complexity index is 395. The number of rotatable bonds is 6. The van der Waals surface area contributed by atoms with Crippen molar-refractivity contribution in [3.05, 3.63) is 35.4 Å². The fourth-order valence-electron chi connectivity index (χ4n) is 1.03. The van der Waals surface area contributed by atoms with Crippen molar-refractivity contribution in [3.63, 3.8) is 0 Å². The van der Waals surface area contributed by atoms with Crippen molar-refractivity contribution in [3.8, 4) is 0 Å². The normalized spacial score (nSPS) is 14.1. The Balaban J connectivity index is 4.46. The minimum atomic E-state index is -4.45. The number of halogens is 3. The first kappa shape index (κ1) is 17.8. The van der Waals surface area contributed by atoms with Crippen molar-refractivity contribution >= 4 is 17.5 Å². The molecular weight excluding hydrogens is 273 g/mol. The Kier molecular flexibility index (Phi) is 7.59. The van der Waals surface area contributed by atoms with Crippen molar-refractivity contribution in [2.45, 2.75) is 26.9 Å². The molecule has 0 unspecified atom stereocenters.